The summed E-state index contributed by atoms with van der Waals surface area (Å²) in [5, 5.41) is 27.2. The van der Waals surface area contributed by atoms with Crippen LogP contribution in [-0.2, 0) is 29.1 Å². The van der Waals surface area contributed by atoms with Crippen LogP contribution in [0.1, 0.15) is 12.6 Å². The number of aliphatic carboxylic acids is 2. The summed E-state index contributed by atoms with van der Waals surface area (Å²) in [4.78, 5) is 25.6. The minimum atomic E-state index is -1.44. The molecule has 0 amide bonds. The Morgan fingerprint density at radius 1 is 1.53 bits per heavy atom. The first-order valence-electron chi connectivity index (χ1n) is 4.20. The third kappa shape index (κ3) is 10.7. The number of carboxylic acid groups (broad SMARTS) is 2. The number of hydrogen-bond acceptors (Lipinski definition) is 6. The molecule has 0 bridgehead atoms. The molecular weight excluding hydrogens is 281 g/mol. The minimum Gasteiger partial charge on any atom is -0.547 e. The van der Waals surface area contributed by atoms with Gasteiger partial charge in [0.2, 0.25) is 0 Å². The van der Waals surface area contributed by atoms with E-state index in [1.54, 1.807) is 6.20 Å². The molecule has 1 atom stereocenters. The van der Waals surface area contributed by atoms with Gasteiger partial charge in [0.1, 0.15) is 0 Å². The van der Waals surface area contributed by atoms with Crippen molar-refractivity contribution in [3.63, 3.8) is 0 Å². The van der Waals surface area contributed by atoms with Crippen molar-refractivity contribution in [2.45, 2.75) is 13.0 Å². The van der Waals surface area contributed by atoms with Crippen molar-refractivity contribution < 1.29 is 44.4 Å². The van der Waals surface area contributed by atoms with E-state index in [2.05, 4.69) is 9.97 Å². The number of imidazole rings is 1. The summed E-state index contributed by atoms with van der Waals surface area (Å²) in [6.07, 6.45) is 3.99. The number of aliphatic hydroxyl groups excluding tert-OH is 1. The van der Waals surface area contributed by atoms with Gasteiger partial charge in [0.15, 0.2) is 0 Å². The Morgan fingerprint density at radius 3 is 2.35 bits per heavy atom. The number of aromatic nitrogens is 2. The molecule has 0 aliphatic heterocycles. The third-order valence-corrected chi connectivity index (χ3v) is 1.25. The van der Waals surface area contributed by atoms with Crippen LogP contribution in [0.2, 0.25) is 0 Å². The van der Waals surface area contributed by atoms with Crippen molar-refractivity contribution in [1.82, 2.24) is 9.97 Å². The van der Waals surface area contributed by atoms with Gasteiger partial charge in [0, 0.05) is 6.20 Å². The maximum Gasteiger partial charge on any atom is 2.00 e. The fourth-order valence-corrected chi connectivity index (χ4v) is 0.516. The Labute approximate surface area is 110 Å². The molecule has 1 aromatic rings. The number of carbonyl (C=O) groups is 2. The van der Waals surface area contributed by atoms with Crippen molar-refractivity contribution in [1.29, 1.82) is 0 Å². The topological polar surface area (TPSA) is 129 Å². The number of carbonyl (C=O) groups excluding carboxylic acids is 2. The third-order valence-electron chi connectivity index (χ3n) is 1.25. The largest absolute Gasteiger partial charge is 2.00 e. The Bertz CT molecular complexity index is 361. The molecule has 0 saturated heterocycles. The predicted molar refractivity (Wildman–Crippen MR) is 49.3 cm³/mol. The average molecular weight is 292 g/mol. The maximum atomic E-state index is 9.86. The number of aliphatic hydroxyl groups is 1. The average Bonchev–Trinajstić information content (AvgIpc) is 2.67. The van der Waals surface area contributed by atoms with Crippen LogP contribution in [0.15, 0.2) is 18.6 Å². The predicted octanol–water partition coefficient (Wildman–Crippen LogP) is -2.71. The standard InChI is InChI=1S/C6H6N2O2.C3H6O3.Zn/c9-6(10)2-1-5-3-7-4-8-5;1-2(4)3(5)6;/h1-4H,(H,7,8)(H,9,10);2,4H,1H3,(H,5,6);/q;;+2/p-2. The molecule has 0 fully saturated rings. The van der Waals surface area contributed by atoms with E-state index in [1.807, 2.05) is 0 Å². The number of aromatic amines is 1. The molecule has 0 radical (unpaired) electrons. The number of hydrogen-bond donors (Lipinski definition) is 2. The normalized spacial score (nSPS) is 10.9. The van der Waals surface area contributed by atoms with Gasteiger partial charge in [-0.05, 0) is 19.1 Å². The second kappa shape index (κ2) is 9.68. The van der Waals surface area contributed by atoms with Crippen LogP contribution < -0.4 is 10.2 Å². The molecular formula is C9H10N2O5Zn. The molecule has 1 rings (SSSR count). The van der Waals surface area contributed by atoms with E-state index in [4.69, 9.17) is 5.11 Å². The minimum absolute atomic E-state index is 0. The van der Waals surface area contributed by atoms with Crippen LogP contribution in [0.25, 0.3) is 6.08 Å². The Kier molecular flexibility index (Phi) is 10.2. The van der Waals surface area contributed by atoms with Crippen LogP contribution in [-0.4, -0.2) is 33.1 Å². The molecule has 8 heteroatoms. The first-order chi connectivity index (χ1) is 7.43. The summed E-state index contributed by atoms with van der Waals surface area (Å²) in [5.74, 6) is -2.65. The Balaban J connectivity index is 0. The first kappa shape index (κ1) is 17.9. The molecule has 0 saturated carbocycles. The van der Waals surface area contributed by atoms with Gasteiger partial charge in [-0.15, -0.1) is 0 Å². The number of nitrogens with one attached hydrogen (secondary N) is 1. The summed E-state index contributed by atoms with van der Waals surface area (Å²) in [6.45, 7) is 1.13. The smallest absolute Gasteiger partial charge is 0.547 e. The molecule has 88 valence electrons. The van der Waals surface area contributed by atoms with Gasteiger partial charge >= 0.3 is 19.5 Å². The van der Waals surface area contributed by atoms with Crippen molar-refractivity contribution in [3.05, 3.63) is 24.3 Å². The van der Waals surface area contributed by atoms with Crippen molar-refractivity contribution >= 4 is 18.0 Å². The zero-order valence-electron chi connectivity index (χ0n) is 9.12. The number of H-pyrrole nitrogens is 1. The van der Waals surface area contributed by atoms with Crippen LogP contribution in [0.3, 0.4) is 0 Å². The van der Waals surface area contributed by atoms with Gasteiger partial charge in [-0.3, -0.25) is 0 Å². The summed E-state index contributed by atoms with van der Waals surface area (Å²) in [6, 6.07) is 0. The number of carboxylic acids is 2. The van der Waals surface area contributed by atoms with E-state index in [0.717, 1.165) is 13.0 Å². The fourth-order valence-electron chi connectivity index (χ4n) is 0.516. The van der Waals surface area contributed by atoms with Gasteiger partial charge < -0.3 is 29.9 Å². The van der Waals surface area contributed by atoms with E-state index in [0.29, 0.717) is 5.69 Å². The maximum absolute atomic E-state index is 9.86. The van der Waals surface area contributed by atoms with Crippen molar-refractivity contribution in [2.24, 2.45) is 0 Å². The van der Waals surface area contributed by atoms with E-state index in [1.165, 1.54) is 12.4 Å². The zero-order chi connectivity index (χ0) is 12.6. The van der Waals surface area contributed by atoms with Crippen molar-refractivity contribution in [3.8, 4) is 0 Å². The molecule has 0 aliphatic rings. The first-order valence-corrected chi connectivity index (χ1v) is 4.20. The quantitative estimate of drug-likeness (QED) is 0.460. The molecule has 17 heavy (non-hydrogen) atoms. The summed E-state index contributed by atoms with van der Waals surface area (Å²) in [7, 11) is 0. The monoisotopic (exact) mass is 290 g/mol. The number of rotatable bonds is 3. The van der Waals surface area contributed by atoms with E-state index in [-0.39, 0.29) is 19.5 Å². The number of nitrogens with zero attached hydrogens (tertiary/aromatic N) is 1. The molecule has 1 unspecified atom stereocenters. The van der Waals surface area contributed by atoms with Gasteiger partial charge in [0.25, 0.3) is 0 Å². The van der Waals surface area contributed by atoms with E-state index < -0.39 is 18.0 Å². The van der Waals surface area contributed by atoms with Crippen LogP contribution in [0.4, 0.5) is 0 Å². The van der Waals surface area contributed by atoms with Gasteiger partial charge in [-0.25, -0.2) is 4.98 Å². The fraction of sp³-hybridized carbons (Fsp3) is 0.222. The van der Waals surface area contributed by atoms with Gasteiger partial charge in [0.05, 0.1) is 30.1 Å². The molecule has 0 aliphatic carbocycles. The van der Waals surface area contributed by atoms with Gasteiger partial charge in [-0.2, -0.15) is 0 Å². The van der Waals surface area contributed by atoms with Gasteiger partial charge in [-0.1, -0.05) is 0 Å². The molecule has 0 spiro atoms. The van der Waals surface area contributed by atoms with E-state index in [9.17, 15) is 19.8 Å². The zero-order valence-corrected chi connectivity index (χ0v) is 12.1. The second-order valence-corrected chi connectivity index (χ2v) is 2.64. The Hall–Kier alpha value is -1.53. The van der Waals surface area contributed by atoms with Crippen molar-refractivity contribution in [2.75, 3.05) is 0 Å². The molecule has 1 aromatic heterocycles. The summed E-state index contributed by atoms with van der Waals surface area (Å²) < 4.78 is 0. The summed E-state index contributed by atoms with van der Waals surface area (Å²) in [5.41, 5.74) is 0.573. The molecule has 7 nitrogen and oxygen atoms in total. The summed E-state index contributed by atoms with van der Waals surface area (Å²) >= 11 is 0. The van der Waals surface area contributed by atoms with Crippen LogP contribution in [0.5, 0.6) is 0 Å². The van der Waals surface area contributed by atoms with Crippen LogP contribution >= 0.6 is 0 Å². The van der Waals surface area contributed by atoms with Crippen LogP contribution in [0, 0.1) is 0 Å². The molecule has 0 aromatic carbocycles. The Morgan fingerprint density at radius 2 is 2.06 bits per heavy atom. The van der Waals surface area contributed by atoms with E-state index >= 15 is 0 Å². The SMILES string of the molecule is CC(O)C(=O)[O-].O=C([O-])C=Cc1c[nH]cn1.[Zn+2]. The second-order valence-electron chi connectivity index (χ2n) is 2.64. The molecule has 1 heterocycles. The molecule has 2 N–H and O–H groups in total.